The molecule has 1 aliphatic heterocycles. The molecule has 0 fully saturated rings. The Kier molecular flexibility index (Phi) is 3.90. The van der Waals surface area contributed by atoms with Crippen molar-refractivity contribution in [3.63, 3.8) is 0 Å². The van der Waals surface area contributed by atoms with Gasteiger partial charge in [0.2, 0.25) is 5.91 Å². The van der Waals surface area contributed by atoms with Crippen LogP contribution in [-0.2, 0) is 4.79 Å². The Morgan fingerprint density at radius 2 is 2.39 bits per heavy atom. The SMILES string of the molecule is CNC(=O)c1[nH]nc2c1C(CCSC)CC(=O)N2. The first-order chi connectivity index (χ1) is 8.67. The van der Waals surface area contributed by atoms with E-state index in [4.69, 9.17) is 0 Å². The highest BCUT2D eigenvalue weighted by Crippen LogP contribution is 2.36. The molecule has 1 aromatic rings. The van der Waals surface area contributed by atoms with Crippen molar-refractivity contribution in [2.45, 2.75) is 18.8 Å². The van der Waals surface area contributed by atoms with Crippen molar-refractivity contribution in [2.75, 3.05) is 24.4 Å². The van der Waals surface area contributed by atoms with Crippen molar-refractivity contribution in [1.29, 1.82) is 0 Å². The molecule has 0 spiro atoms. The lowest BCUT2D eigenvalue weighted by atomic mass is 9.89. The number of rotatable bonds is 4. The molecule has 98 valence electrons. The van der Waals surface area contributed by atoms with E-state index >= 15 is 0 Å². The minimum Gasteiger partial charge on any atom is -0.354 e. The van der Waals surface area contributed by atoms with Crippen LogP contribution in [0, 0.1) is 0 Å². The van der Waals surface area contributed by atoms with Gasteiger partial charge in [-0.3, -0.25) is 14.7 Å². The number of thioether (sulfide) groups is 1. The highest BCUT2D eigenvalue weighted by molar-refractivity contribution is 7.98. The summed E-state index contributed by atoms with van der Waals surface area (Å²) >= 11 is 1.73. The molecule has 0 saturated carbocycles. The first-order valence-corrected chi connectivity index (χ1v) is 7.15. The number of hydrogen-bond acceptors (Lipinski definition) is 4. The van der Waals surface area contributed by atoms with E-state index in [2.05, 4.69) is 20.8 Å². The molecule has 1 unspecified atom stereocenters. The highest BCUT2D eigenvalue weighted by Gasteiger charge is 2.31. The Balaban J connectivity index is 2.34. The average molecular weight is 268 g/mol. The second-order valence-electron chi connectivity index (χ2n) is 4.17. The molecule has 0 radical (unpaired) electrons. The van der Waals surface area contributed by atoms with Crippen LogP contribution in [-0.4, -0.2) is 41.1 Å². The third-order valence-electron chi connectivity index (χ3n) is 3.03. The van der Waals surface area contributed by atoms with Crippen molar-refractivity contribution in [3.05, 3.63) is 11.3 Å². The summed E-state index contributed by atoms with van der Waals surface area (Å²) in [6, 6.07) is 0. The third-order valence-corrected chi connectivity index (χ3v) is 3.67. The Bertz CT molecular complexity index is 472. The maximum absolute atomic E-state index is 11.7. The summed E-state index contributed by atoms with van der Waals surface area (Å²) in [5, 5.41) is 12.0. The first kappa shape index (κ1) is 12.9. The lowest BCUT2D eigenvalue weighted by Gasteiger charge is -2.22. The van der Waals surface area contributed by atoms with Crippen LogP contribution >= 0.6 is 11.8 Å². The van der Waals surface area contributed by atoms with Gasteiger partial charge in [0.25, 0.3) is 5.91 Å². The number of aromatic nitrogens is 2. The zero-order valence-corrected chi connectivity index (χ0v) is 11.2. The first-order valence-electron chi connectivity index (χ1n) is 5.76. The molecule has 7 heteroatoms. The minimum atomic E-state index is -0.200. The molecular weight excluding hydrogens is 252 g/mol. The third kappa shape index (κ3) is 2.35. The molecule has 2 heterocycles. The van der Waals surface area contributed by atoms with Gasteiger partial charge in [-0.1, -0.05) is 0 Å². The van der Waals surface area contributed by atoms with E-state index in [0.29, 0.717) is 17.9 Å². The van der Waals surface area contributed by atoms with E-state index in [-0.39, 0.29) is 17.7 Å². The quantitative estimate of drug-likeness (QED) is 0.758. The molecule has 0 aromatic carbocycles. The van der Waals surface area contributed by atoms with Crippen LogP contribution in [0.2, 0.25) is 0 Å². The number of hydrogen-bond donors (Lipinski definition) is 3. The van der Waals surface area contributed by atoms with E-state index < -0.39 is 0 Å². The van der Waals surface area contributed by atoms with Gasteiger partial charge in [-0.15, -0.1) is 0 Å². The summed E-state index contributed by atoms with van der Waals surface area (Å²) in [6.45, 7) is 0. The van der Waals surface area contributed by atoms with Gasteiger partial charge in [-0.2, -0.15) is 16.9 Å². The zero-order chi connectivity index (χ0) is 13.1. The van der Waals surface area contributed by atoms with Gasteiger partial charge in [-0.25, -0.2) is 0 Å². The summed E-state index contributed by atoms with van der Waals surface area (Å²) in [5.74, 6) is 1.27. The van der Waals surface area contributed by atoms with Gasteiger partial charge < -0.3 is 10.6 Å². The van der Waals surface area contributed by atoms with Crippen LogP contribution in [0.4, 0.5) is 5.82 Å². The summed E-state index contributed by atoms with van der Waals surface area (Å²) < 4.78 is 0. The van der Waals surface area contributed by atoms with E-state index in [1.165, 1.54) is 0 Å². The van der Waals surface area contributed by atoms with Crippen molar-refractivity contribution in [1.82, 2.24) is 15.5 Å². The fourth-order valence-electron chi connectivity index (χ4n) is 2.16. The predicted molar refractivity (Wildman–Crippen MR) is 71.0 cm³/mol. The monoisotopic (exact) mass is 268 g/mol. The Morgan fingerprint density at radius 3 is 3.06 bits per heavy atom. The van der Waals surface area contributed by atoms with Gasteiger partial charge in [0.1, 0.15) is 5.69 Å². The molecular formula is C11H16N4O2S. The lowest BCUT2D eigenvalue weighted by molar-refractivity contribution is -0.116. The van der Waals surface area contributed by atoms with Crippen molar-refractivity contribution in [3.8, 4) is 0 Å². The number of nitrogens with zero attached hydrogens (tertiary/aromatic N) is 1. The van der Waals surface area contributed by atoms with E-state index in [9.17, 15) is 9.59 Å². The Hall–Kier alpha value is -1.50. The number of amides is 2. The van der Waals surface area contributed by atoms with Gasteiger partial charge in [0, 0.05) is 19.0 Å². The summed E-state index contributed by atoms with van der Waals surface area (Å²) in [5.41, 5.74) is 1.29. The largest absolute Gasteiger partial charge is 0.354 e. The number of fused-ring (bicyclic) bond motifs is 1. The maximum Gasteiger partial charge on any atom is 0.269 e. The Morgan fingerprint density at radius 1 is 1.61 bits per heavy atom. The Labute approximate surface area is 109 Å². The highest BCUT2D eigenvalue weighted by atomic mass is 32.2. The number of carbonyl (C=O) groups excluding carboxylic acids is 2. The van der Waals surface area contributed by atoms with Crippen LogP contribution in [0.3, 0.4) is 0 Å². The van der Waals surface area contributed by atoms with Gasteiger partial charge in [0.15, 0.2) is 5.82 Å². The number of aromatic amines is 1. The number of H-pyrrole nitrogens is 1. The average Bonchev–Trinajstić information content (AvgIpc) is 2.78. The van der Waals surface area contributed by atoms with Crippen LogP contribution < -0.4 is 10.6 Å². The van der Waals surface area contributed by atoms with Crippen molar-refractivity contribution in [2.24, 2.45) is 0 Å². The molecule has 1 aromatic heterocycles. The molecule has 2 rings (SSSR count). The van der Waals surface area contributed by atoms with Gasteiger partial charge >= 0.3 is 0 Å². The maximum atomic E-state index is 11.7. The molecule has 1 aliphatic rings. The van der Waals surface area contributed by atoms with E-state index in [1.807, 2.05) is 6.26 Å². The molecule has 0 aliphatic carbocycles. The number of nitrogens with one attached hydrogen (secondary N) is 3. The van der Waals surface area contributed by atoms with Crippen LogP contribution in [0.1, 0.15) is 34.8 Å². The zero-order valence-electron chi connectivity index (χ0n) is 10.4. The lowest BCUT2D eigenvalue weighted by Crippen LogP contribution is -2.26. The van der Waals surface area contributed by atoms with Crippen LogP contribution in [0.15, 0.2) is 0 Å². The molecule has 3 N–H and O–H groups in total. The normalized spacial score (nSPS) is 18.1. The van der Waals surface area contributed by atoms with Gasteiger partial charge in [0.05, 0.1) is 0 Å². The second kappa shape index (κ2) is 5.43. The molecule has 6 nitrogen and oxygen atoms in total. The smallest absolute Gasteiger partial charge is 0.269 e. The molecule has 0 saturated heterocycles. The fourth-order valence-corrected chi connectivity index (χ4v) is 2.68. The molecule has 0 bridgehead atoms. The predicted octanol–water partition coefficient (Wildman–Crippen LogP) is 0.948. The number of anilines is 1. The van der Waals surface area contributed by atoms with E-state index in [0.717, 1.165) is 17.7 Å². The van der Waals surface area contributed by atoms with Crippen LogP contribution in [0.25, 0.3) is 0 Å². The van der Waals surface area contributed by atoms with Gasteiger partial charge in [-0.05, 0) is 24.3 Å². The van der Waals surface area contributed by atoms with Crippen molar-refractivity contribution < 1.29 is 9.59 Å². The van der Waals surface area contributed by atoms with Crippen molar-refractivity contribution >= 4 is 29.4 Å². The number of carbonyl (C=O) groups is 2. The molecule has 2 amide bonds. The standard InChI is InChI=1S/C11H16N4O2S/c1-12-11(17)9-8-6(3-4-18-2)5-7(16)13-10(8)15-14-9/h6H,3-5H2,1-2H3,(H,12,17)(H2,13,14,15,16). The summed E-state index contributed by atoms with van der Waals surface area (Å²) in [6.07, 6.45) is 3.31. The molecule has 18 heavy (non-hydrogen) atoms. The second-order valence-corrected chi connectivity index (χ2v) is 5.16. The topological polar surface area (TPSA) is 86.9 Å². The minimum absolute atomic E-state index is 0.0384. The summed E-state index contributed by atoms with van der Waals surface area (Å²) in [4.78, 5) is 23.3. The fraction of sp³-hybridized carbons (Fsp3) is 0.545. The molecule has 1 atom stereocenters. The summed E-state index contributed by atoms with van der Waals surface area (Å²) in [7, 11) is 1.58. The van der Waals surface area contributed by atoms with Crippen LogP contribution in [0.5, 0.6) is 0 Å². The van der Waals surface area contributed by atoms with E-state index in [1.54, 1.807) is 18.8 Å².